The summed E-state index contributed by atoms with van der Waals surface area (Å²) in [6.45, 7) is -0.217. The second-order valence-corrected chi connectivity index (χ2v) is 3.81. The highest BCUT2D eigenvalue weighted by molar-refractivity contribution is 7.80. The van der Waals surface area contributed by atoms with Crippen molar-refractivity contribution in [3.8, 4) is 0 Å². The first-order valence-electron chi connectivity index (χ1n) is 3.31. The van der Waals surface area contributed by atoms with Crippen LogP contribution in [0.4, 0.5) is 0 Å². The Morgan fingerprint density at radius 3 is 2.15 bits per heavy atom. The van der Waals surface area contributed by atoms with Crippen molar-refractivity contribution in [2.75, 3.05) is 13.2 Å². The van der Waals surface area contributed by atoms with E-state index in [-0.39, 0.29) is 19.6 Å². The van der Waals surface area contributed by atoms with E-state index < -0.39 is 21.4 Å². The summed E-state index contributed by atoms with van der Waals surface area (Å²) in [6, 6.07) is 0. The molecule has 0 bridgehead atoms. The molecule has 0 amide bonds. The Labute approximate surface area is 77.8 Å². The minimum Gasteiger partial charge on any atom is -0.272 e. The van der Waals surface area contributed by atoms with Crippen LogP contribution in [-0.2, 0) is 29.8 Å². The quantitative estimate of drug-likeness (QED) is 0.335. The fraction of sp³-hybridized carbons (Fsp3) is 1.00. The number of unbranched alkanes of at least 4 members (excludes halogenated alkanes) is 1. The zero-order valence-electron chi connectivity index (χ0n) is 6.58. The lowest BCUT2D eigenvalue weighted by Gasteiger charge is -1.98. The Morgan fingerprint density at radius 2 is 1.69 bits per heavy atom. The van der Waals surface area contributed by atoms with Crippen molar-refractivity contribution in [3.63, 3.8) is 0 Å². The molecule has 0 aromatic carbocycles. The molecule has 0 aliphatic carbocycles. The highest BCUT2D eigenvalue weighted by atomic mass is 32.3. The van der Waals surface area contributed by atoms with Crippen molar-refractivity contribution >= 4 is 21.4 Å². The summed E-state index contributed by atoms with van der Waals surface area (Å²) >= 11 is 0. The molecule has 1 N–H and O–H groups in total. The van der Waals surface area contributed by atoms with Gasteiger partial charge in [-0.05, 0) is 12.8 Å². The van der Waals surface area contributed by atoms with Gasteiger partial charge >= 0.3 is 10.4 Å². The predicted octanol–water partition coefficient (Wildman–Crippen LogP) is -0.871. The normalized spacial score (nSPS) is 12.2. The van der Waals surface area contributed by atoms with E-state index in [0.717, 1.165) is 0 Å². The Bertz CT molecular complexity index is 282. The lowest BCUT2D eigenvalue weighted by atomic mass is 10.3. The number of thiol groups is 1. The zero-order valence-corrected chi connectivity index (χ0v) is 8.29. The highest BCUT2D eigenvalue weighted by Crippen LogP contribution is 1.94. The summed E-state index contributed by atoms with van der Waals surface area (Å²) in [6.07, 6.45) is 0.613. The minimum absolute atomic E-state index is 0.0203. The van der Waals surface area contributed by atoms with E-state index in [1.54, 1.807) is 0 Å². The zero-order chi connectivity index (χ0) is 10.3. The molecule has 0 heterocycles. The van der Waals surface area contributed by atoms with Crippen LogP contribution in [0.25, 0.3) is 0 Å². The maximum absolute atomic E-state index is 9.98. The topological polar surface area (TPSA) is 107 Å². The molecular formula is C4H10O7S2. The summed E-state index contributed by atoms with van der Waals surface area (Å²) in [4.78, 5) is 0. The van der Waals surface area contributed by atoms with E-state index in [9.17, 15) is 16.8 Å². The molecule has 9 heteroatoms. The van der Waals surface area contributed by atoms with Crippen LogP contribution in [0.1, 0.15) is 12.8 Å². The lowest BCUT2D eigenvalue weighted by molar-refractivity contribution is 0.248. The third kappa shape index (κ3) is 11.8. The van der Waals surface area contributed by atoms with E-state index >= 15 is 0 Å². The average Bonchev–Trinajstić information content (AvgIpc) is 1.93. The monoisotopic (exact) mass is 234 g/mol. The largest absolute Gasteiger partial charge is 0.397 e. The second-order valence-electron chi connectivity index (χ2n) is 2.01. The van der Waals surface area contributed by atoms with Gasteiger partial charge in [0.15, 0.2) is 0 Å². The Hall–Kier alpha value is -0.220. The Balaban J connectivity index is 3.28. The fourth-order valence-corrected chi connectivity index (χ4v) is 1.11. The molecule has 0 spiro atoms. The van der Waals surface area contributed by atoms with Crippen LogP contribution in [-0.4, -0.2) is 34.6 Å². The van der Waals surface area contributed by atoms with Gasteiger partial charge in [-0.25, -0.2) is 12.6 Å². The SMILES string of the molecule is O=[SH](=O)OCCCCOS(=O)(=O)O. The van der Waals surface area contributed by atoms with Crippen molar-refractivity contribution in [2.45, 2.75) is 12.8 Å². The van der Waals surface area contributed by atoms with Gasteiger partial charge in [0.1, 0.15) is 0 Å². The second kappa shape index (κ2) is 6.27. The van der Waals surface area contributed by atoms with Crippen LogP contribution in [0, 0.1) is 0 Å². The molecule has 80 valence electrons. The molecule has 0 atom stereocenters. The van der Waals surface area contributed by atoms with Crippen LogP contribution in [0.5, 0.6) is 0 Å². The maximum atomic E-state index is 9.98. The summed E-state index contributed by atoms with van der Waals surface area (Å²) in [5, 5.41) is 0. The van der Waals surface area contributed by atoms with Gasteiger partial charge in [-0.2, -0.15) is 8.42 Å². The first kappa shape index (κ1) is 12.8. The van der Waals surface area contributed by atoms with Crippen LogP contribution in [0.2, 0.25) is 0 Å². The molecule has 0 saturated carbocycles. The van der Waals surface area contributed by atoms with Crippen LogP contribution in [0.15, 0.2) is 0 Å². The van der Waals surface area contributed by atoms with Crippen molar-refractivity contribution in [1.29, 1.82) is 0 Å². The van der Waals surface area contributed by atoms with Crippen LogP contribution >= 0.6 is 0 Å². The van der Waals surface area contributed by atoms with Crippen molar-refractivity contribution in [2.24, 2.45) is 0 Å². The minimum atomic E-state index is -4.39. The highest BCUT2D eigenvalue weighted by Gasteiger charge is 2.02. The molecule has 0 fully saturated rings. The Morgan fingerprint density at radius 1 is 1.15 bits per heavy atom. The smallest absolute Gasteiger partial charge is 0.272 e. The number of hydrogen-bond donors (Lipinski definition) is 2. The molecule has 7 nitrogen and oxygen atoms in total. The van der Waals surface area contributed by atoms with Crippen molar-refractivity contribution < 1.29 is 29.8 Å². The average molecular weight is 234 g/mol. The van der Waals surface area contributed by atoms with Gasteiger partial charge < -0.3 is 0 Å². The van der Waals surface area contributed by atoms with Gasteiger partial charge in [-0.3, -0.25) is 8.74 Å². The van der Waals surface area contributed by atoms with Crippen molar-refractivity contribution in [1.82, 2.24) is 0 Å². The molecule has 0 aromatic heterocycles. The standard InChI is InChI=1S/C4H10O7S2/c5-12(6)10-3-1-2-4-11-13(7,8)9/h12H,1-4H2,(H,7,8,9). The number of hydrogen-bond acceptors (Lipinski definition) is 6. The first-order chi connectivity index (χ1) is 5.92. The molecule has 13 heavy (non-hydrogen) atoms. The molecule has 0 aliphatic heterocycles. The van der Waals surface area contributed by atoms with E-state index in [2.05, 4.69) is 8.37 Å². The van der Waals surface area contributed by atoms with Gasteiger partial charge in [0.05, 0.1) is 13.2 Å². The van der Waals surface area contributed by atoms with E-state index in [1.807, 2.05) is 0 Å². The summed E-state index contributed by atoms with van der Waals surface area (Å²) < 4.78 is 55.8. The molecule has 0 aliphatic rings. The Kier molecular flexibility index (Phi) is 6.16. The molecule has 0 saturated heterocycles. The first-order valence-corrected chi connectivity index (χ1v) is 5.77. The maximum Gasteiger partial charge on any atom is 0.397 e. The molecule has 0 radical (unpaired) electrons. The molecule has 0 unspecified atom stereocenters. The van der Waals surface area contributed by atoms with Crippen molar-refractivity contribution in [3.05, 3.63) is 0 Å². The van der Waals surface area contributed by atoms with Crippen LogP contribution < -0.4 is 0 Å². The van der Waals surface area contributed by atoms with Gasteiger partial charge in [-0.15, -0.1) is 0 Å². The summed E-state index contributed by atoms with van der Waals surface area (Å²) in [5.41, 5.74) is 0. The van der Waals surface area contributed by atoms with Gasteiger partial charge in [0.25, 0.3) is 11.0 Å². The lowest BCUT2D eigenvalue weighted by Crippen LogP contribution is -2.05. The third-order valence-corrected chi connectivity index (χ3v) is 1.83. The summed E-state index contributed by atoms with van der Waals surface area (Å²) in [5.74, 6) is 0. The molecular weight excluding hydrogens is 224 g/mol. The van der Waals surface area contributed by atoms with E-state index in [1.165, 1.54) is 0 Å². The summed E-state index contributed by atoms with van der Waals surface area (Å²) in [7, 11) is -7.24. The predicted molar refractivity (Wildman–Crippen MR) is 43.0 cm³/mol. The van der Waals surface area contributed by atoms with Gasteiger partial charge in [-0.1, -0.05) is 0 Å². The molecule has 0 aromatic rings. The third-order valence-electron chi connectivity index (χ3n) is 0.968. The van der Waals surface area contributed by atoms with Gasteiger partial charge in [0, 0.05) is 0 Å². The molecule has 0 rings (SSSR count). The number of rotatable bonds is 7. The van der Waals surface area contributed by atoms with E-state index in [4.69, 9.17) is 4.55 Å². The van der Waals surface area contributed by atoms with Gasteiger partial charge in [0.2, 0.25) is 0 Å². The fourth-order valence-electron chi connectivity index (χ4n) is 0.507. The van der Waals surface area contributed by atoms with Crippen LogP contribution in [0.3, 0.4) is 0 Å². The van der Waals surface area contributed by atoms with E-state index in [0.29, 0.717) is 6.42 Å².